The zero-order chi connectivity index (χ0) is 15.9. The maximum atomic E-state index is 11.8. The smallest absolute Gasteiger partial charge is 0.348 e. The number of nitrogens with zero attached hydrogens (tertiary/aromatic N) is 2. The minimum atomic E-state index is -0.865. The van der Waals surface area contributed by atoms with E-state index in [4.69, 9.17) is 4.74 Å². The molecule has 2 aromatic rings. The Morgan fingerprint density at radius 3 is 2.68 bits per heavy atom. The van der Waals surface area contributed by atoms with Crippen LogP contribution in [-0.2, 0) is 11.3 Å². The number of aromatic hydroxyl groups is 1. The van der Waals surface area contributed by atoms with Crippen LogP contribution in [0, 0.1) is 10.1 Å². The van der Waals surface area contributed by atoms with Crippen molar-refractivity contribution in [1.82, 2.24) is 4.98 Å². The van der Waals surface area contributed by atoms with Crippen LogP contribution in [0.4, 0.5) is 0 Å². The van der Waals surface area contributed by atoms with E-state index in [1.54, 1.807) is 18.2 Å². The number of esters is 1. The SMILES string of the molecule is O=C(Oc1ccc(CCO[N+](=O)[O-])cn1)c1ccccc1O. The molecule has 0 bridgehead atoms. The van der Waals surface area contributed by atoms with Crippen molar-refractivity contribution in [2.75, 3.05) is 6.61 Å². The summed E-state index contributed by atoms with van der Waals surface area (Å²) in [5, 5.41) is 18.7. The second kappa shape index (κ2) is 7.02. The first-order valence-electron chi connectivity index (χ1n) is 6.28. The molecule has 0 radical (unpaired) electrons. The number of hydrogen-bond acceptors (Lipinski definition) is 7. The summed E-state index contributed by atoms with van der Waals surface area (Å²) in [6, 6.07) is 9.07. The van der Waals surface area contributed by atoms with Crippen molar-refractivity contribution in [3.63, 3.8) is 0 Å². The molecule has 0 aliphatic heterocycles. The van der Waals surface area contributed by atoms with E-state index in [9.17, 15) is 20.0 Å². The van der Waals surface area contributed by atoms with E-state index in [0.29, 0.717) is 12.0 Å². The highest BCUT2D eigenvalue weighted by Gasteiger charge is 2.13. The Hall–Kier alpha value is -3.16. The Morgan fingerprint density at radius 1 is 1.27 bits per heavy atom. The Balaban J connectivity index is 1.95. The predicted molar refractivity (Wildman–Crippen MR) is 74.0 cm³/mol. The minimum Gasteiger partial charge on any atom is -0.507 e. The normalized spacial score (nSPS) is 10.0. The van der Waals surface area contributed by atoms with Gasteiger partial charge in [0.2, 0.25) is 5.88 Å². The van der Waals surface area contributed by atoms with Gasteiger partial charge < -0.3 is 14.7 Å². The zero-order valence-corrected chi connectivity index (χ0v) is 11.3. The van der Waals surface area contributed by atoms with Gasteiger partial charge in [-0.3, -0.25) is 0 Å². The molecule has 0 aliphatic rings. The number of ether oxygens (including phenoxy) is 1. The van der Waals surface area contributed by atoms with Crippen molar-refractivity contribution in [2.24, 2.45) is 0 Å². The van der Waals surface area contributed by atoms with Crippen LogP contribution >= 0.6 is 0 Å². The molecule has 1 aromatic carbocycles. The minimum absolute atomic E-state index is 0.0350. The molecular formula is C14H12N2O6. The molecule has 0 saturated heterocycles. The number of phenols is 1. The zero-order valence-electron chi connectivity index (χ0n) is 11.3. The number of rotatable bonds is 6. The monoisotopic (exact) mass is 304 g/mol. The van der Waals surface area contributed by atoms with Gasteiger partial charge in [-0.05, 0) is 24.1 Å². The van der Waals surface area contributed by atoms with Crippen molar-refractivity contribution >= 4 is 5.97 Å². The average molecular weight is 304 g/mol. The van der Waals surface area contributed by atoms with E-state index in [2.05, 4.69) is 9.82 Å². The standard InChI is InChI=1S/C14H12N2O6/c17-12-4-2-1-3-11(12)14(18)22-13-6-5-10(9-15-13)7-8-21-16(19)20/h1-6,9,17H,7-8H2. The summed E-state index contributed by atoms with van der Waals surface area (Å²) >= 11 is 0. The third kappa shape index (κ3) is 4.17. The topological polar surface area (TPSA) is 112 Å². The van der Waals surface area contributed by atoms with Crippen LogP contribution in [0.2, 0.25) is 0 Å². The van der Waals surface area contributed by atoms with E-state index in [-0.39, 0.29) is 23.8 Å². The molecule has 0 saturated carbocycles. The molecule has 1 aromatic heterocycles. The van der Waals surface area contributed by atoms with Gasteiger partial charge in [0, 0.05) is 12.3 Å². The summed E-state index contributed by atoms with van der Waals surface area (Å²) in [7, 11) is 0. The second-order valence-corrected chi connectivity index (χ2v) is 4.22. The fourth-order valence-corrected chi connectivity index (χ4v) is 1.65. The van der Waals surface area contributed by atoms with Crippen LogP contribution in [-0.4, -0.2) is 27.8 Å². The van der Waals surface area contributed by atoms with Crippen molar-refractivity contribution < 1.29 is 24.6 Å². The molecule has 0 unspecified atom stereocenters. The molecule has 8 nitrogen and oxygen atoms in total. The fraction of sp³-hybridized carbons (Fsp3) is 0.143. The number of aromatic nitrogens is 1. The van der Waals surface area contributed by atoms with Gasteiger partial charge in [-0.2, -0.15) is 0 Å². The van der Waals surface area contributed by atoms with Crippen LogP contribution < -0.4 is 4.74 Å². The molecule has 0 atom stereocenters. The molecule has 0 aliphatic carbocycles. The Morgan fingerprint density at radius 2 is 2.05 bits per heavy atom. The van der Waals surface area contributed by atoms with Crippen molar-refractivity contribution in [3.05, 3.63) is 63.8 Å². The third-order valence-corrected chi connectivity index (χ3v) is 2.71. The Bertz CT molecular complexity index is 671. The lowest BCUT2D eigenvalue weighted by molar-refractivity contribution is -0.757. The van der Waals surface area contributed by atoms with Crippen molar-refractivity contribution in [3.8, 4) is 11.6 Å². The first-order valence-corrected chi connectivity index (χ1v) is 6.28. The van der Waals surface area contributed by atoms with Crippen LogP contribution in [0.5, 0.6) is 11.6 Å². The molecule has 0 amide bonds. The number of carbonyl (C=O) groups is 1. The largest absolute Gasteiger partial charge is 0.507 e. The third-order valence-electron chi connectivity index (χ3n) is 2.71. The molecule has 114 valence electrons. The Kier molecular flexibility index (Phi) is 4.86. The summed E-state index contributed by atoms with van der Waals surface area (Å²) in [5.41, 5.74) is 0.733. The van der Waals surface area contributed by atoms with Crippen molar-refractivity contribution in [1.29, 1.82) is 0 Å². The second-order valence-electron chi connectivity index (χ2n) is 4.22. The van der Waals surface area contributed by atoms with E-state index < -0.39 is 11.1 Å². The highest BCUT2D eigenvalue weighted by Crippen LogP contribution is 2.18. The van der Waals surface area contributed by atoms with Gasteiger partial charge in [0.05, 0.1) is 0 Å². The van der Waals surface area contributed by atoms with Crippen LogP contribution in [0.1, 0.15) is 15.9 Å². The lowest BCUT2D eigenvalue weighted by Crippen LogP contribution is -2.10. The van der Waals surface area contributed by atoms with Gasteiger partial charge in [0.15, 0.2) is 0 Å². The average Bonchev–Trinajstić information content (AvgIpc) is 2.49. The van der Waals surface area contributed by atoms with Gasteiger partial charge >= 0.3 is 5.97 Å². The maximum absolute atomic E-state index is 11.8. The molecule has 0 spiro atoms. The first-order chi connectivity index (χ1) is 10.6. The number of hydrogen-bond donors (Lipinski definition) is 1. The first kappa shape index (κ1) is 15.2. The van der Waals surface area contributed by atoms with Gasteiger partial charge in [-0.25, -0.2) is 9.78 Å². The van der Waals surface area contributed by atoms with Crippen LogP contribution in [0.25, 0.3) is 0 Å². The molecule has 22 heavy (non-hydrogen) atoms. The molecule has 8 heteroatoms. The molecule has 1 N–H and O–H groups in total. The van der Waals surface area contributed by atoms with E-state index in [1.807, 2.05) is 0 Å². The lowest BCUT2D eigenvalue weighted by atomic mass is 10.2. The van der Waals surface area contributed by atoms with Gasteiger partial charge in [-0.1, -0.05) is 18.2 Å². The number of pyridine rings is 1. The van der Waals surface area contributed by atoms with Crippen molar-refractivity contribution in [2.45, 2.75) is 6.42 Å². The quantitative estimate of drug-likeness (QED) is 0.491. The lowest BCUT2D eigenvalue weighted by Gasteiger charge is -2.05. The van der Waals surface area contributed by atoms with Gasteiger partial charge in [0.1, 0.15) is 17.9 Å². The number of para-hydroxylation sites is 1. The number of phenolic OH excluding ortho intramolecular Hbond substituents is 1. The molecule has 0 fully saturated rings. The van der Waals surface area contributed by atoms with Gasteiger partial charge in [0.25, 0.3) is 5.09 Å². The van der Waals surface area contributed by atoms with E-state index in [1.165, 1.54) is 24.4 Å². The molecule has 2 rings (SSSR count). The number of benzene rings is 1. The van der Waals surface area contributed by atoms with Gasteiger partial charge in [-0.15, -0.1) is 10.1 Å². The maximum Gasteiger partial charge on any atom is 0.348 e. The molecular weight excluding hydrogens is 292 g/mol. The highest BCUT2D eigenvalue weighted by atomic mass is 16.9. The summed E-state index contributed by atoms with van der Waals surface area (Å²) in [5.74, 6) is -0.844. The summed E-state index contributed by atoms with van der Waals surface area (Å²) in [6.07, 6.45) is 1.73. The summed E-state index contributed by atoms with van der Waals surface area (Å²) in [4.78, 5) is 30.0. The van der Waals surface area contributed by atoms with Crippen LogP contribution in [0.15, 0.2) is 42.6 Å². The highest BCUT2D eigenvalue weighted by molar-refractivity contribution is 5.93. The van der Waals surface area contributed by atoms with E-state index >= 15 is 0 Å². The molecule has 1 heterocycles. The number of carbonyl (C=O) groups excluding carboxylic acids is 1. The summed E-state index contributed by atoms with van der Waals surface area (Å²) in [6.45, 7) is -0.0777. The van der Waals surface area contributed by atoms with Crippen LogP contribution in [0.3, 0.4) is 0 Å². The predicted octanol–water partition coefficient (Wildman–Crippen LogP) is 1.76. The fourth-order valence-electron chi connectivity index (χ4n) is 1.65. The van der Waals surface area contributed by atoms with E-state index in [0.717, 1.165) is 0 Å². The Labute approximate surface area is 125 Å². The summed E-state index contributed by atoms with van der Waals surface area (Å²) < 4.78 is 5.03.